The monoisotopic (exact) mass is 284 g/mol. The Morgan fingerprint density at radius 2 is 1.90 bits per heavy atom. The van der Waals surface area contributed by atoms with Crippen LogP contribution in [0.15, 0.2) is 0 Å². The quantitative estimate of drug-likeness (QED) is 0.561. The second-order valence-corrected chi connectivity index (χ2v) is 5.34. The molecule has 2 atom stereocenters. The van der Waals surface area contributed by atoms with Crippen LogP contribution in [0.2, 0.25) is 0 Å². The molecule has 1 fully saturated rings. The van der Waals surface area contributed by atoms with Gasteiger partial charge in [0.2, 0.25) is 11.8 Å². The van der Waals surface area contributed by atoms with Crippen molar-refractivity contribution in [2.24, 2.45) is 0 Å². The lowest BCUT2D eigenvalue weighted by atomic mass is 10.1. The van der Waals surface area contributed by atoms with Crippen LogP contribution in [-0.2, 0) is 9.59 Å². The van der Waals surface area contributed by atoms with Gasteiger partial charge in [-0.15, -0.1) is 0 Å². The molecule has 1 aliphatic rings. The van der Waals surface area contributed by atoms with Crippen molar-refractivity contribution < 1.29 is 9.59 Å². The van der Waals surface area contributed by atoms with E-state index in [0.29, 0.717) is 31.7 Å². The summed E-state index contributed by atoms with van der Waals surface area (Å²) in [5.41, 5.74) is 0. The molecule has 3 N–H and O–H groups in total. The van der Waals surface area contributed by atoms with E-state index in [1.54, 1.807) is 0 Å². The van der Waals surface area contributed by atoms with E-state index in [9.17, 15) is 9.59 Å². The molecule has 1 saturated heterocycles. The van der Waals surface area contributed by atoms with Gasteiger partial charge in [-0.2, -0.15) is 0 Å². The van der Waals surface area contributed by atoms with E-state index < -0.39 is 0 Å². The Hall–Kier alpha value is -1.14. The summed E-state index contributed by atoms with van der Waals surface area (Å²) in [4.78, 5) is 24.9. The fourth-order valence-corrected chi connectivity index (χ4v) is 2.48. The molecule has 0 aromatic heterocycles. The van der Waals surface area contributed by atoms with Gasteiger partial charge in [-0.1, -0.05) is 13.8 Å². The molecule has 20 heavy (non-hydrogen) atoms. The number of nitrogens with zero attached hydrogens (tertiary/aromatic N) is 1. The van der Waals surface area contributed by atoms with Crippen molar-refractivity contribution in [2.75, 3.05) is 32.7 Å². The molecule has 0 aliphatic carbocycles. The minimum atomic E-state index is -0.0711. The van der Waals surface area contributed by atoms with E-state index >= 15 is 0 Å². The Kier molecular flexibility index (Phi) is 7.54. The van der Waals surface area contributed by atoms with Crippen LogP contribution in [0.3, 0.4) is 0 Å². The second-order valence-electron chi connectivity index (χ2n) is 5.34. The Morgan fingerprint density at radius 3 is 2.50 bits per heavy atom. The molecule has 0 bridgehead atoms. The third-order valence-electron chi connectivity index (χ3n) is 3.75. The van der Waals surface area contributed by atoms with Gasteiger partial charge < -0.3 is 16.0 Å². The highest BCUT2D eigenvalue weighted by Crippen LogP contribution is 2.11. The van der Waals surface area contributed by atoms with Crippen LogP contribution >= 0.6 is 0 Å². The highest BCUT2D eigenvalue weighted by Gasteiger charge is 2.26. The van der Waals surface area contributed by atoms with Crippen LogP contribution in [0.5, 0.6) is 0 Å². The first-order valence-corrected chi connectivity index (χ1v) is 7.55. The lowest BCUT2D eigenvalue weighted by Crippen LogP contribution is -2.58. The maximum Gasteiger partial charge on any atom is 0.234 e. The summed E-state index contributed by atoms with van der Waals surface area (Å²) >= 11 is 0. The molecule has 6 nitrogen and oxygen atoms in total. The summed E-state index contributed by atoms with van der Waals surface area (Å²) in [6.07, 6.45) is 2.12. The molecule has 0 aromatic rings. The zero-order valence-electron chi connectivity index (χ0n) is 12.9. The minimum Gasteiger partial charge on any atom is -0.355 e. The summed E-state index contributed by atoms with van der Waals surface area (Å²) in [5.74, 6) is -0.0382. The van der Waals surface area contributed by atoms with Gasteiger partial charge in [0.1, 0.15) is 0 Å². The number of hydrogen-bond acceptors (Lipinski definition) is 4. The van der Waals surface area contributed by atoms with E-state index in [2.05, 4.69) is 34.7 Å². The van der Waals surface area contributed by atoms with Crippen molar-refractivity contribution in [3.05, 3.63) is 0 Å². The first-order valence-electron chi connectivity index (χ1n) is 7.55. The van der Waals surface area contributed by atoms with E-state index in [-0.39, 0.29) is 11.8 Å². The maximum atomic E-state index is 11.9. The van der Waals surface area contributed by atoms with Crippen molar-refractivity contribution in [3.8, 4) is 0 Å². The summed E-state index contributed by atoms with van der Waals surface area (Å²) in [7, 11) is 0. The highest BCUT2D eigenvalue weighted by atomic mass is 16.2. The number of amides is 2. The zero-order valence-corrected chi connectivity index (χ0v) is 12.9. The summed E-state index contributed by atoms with van der Waals surface area (Å²) in [5, 5.41) is 9.03. The number of carbonyl (C=O) groups excluding carboxylic acids is 2. The van der Waals surface area contributed by atoms with Crippen LogP contribution in [0, 0.1) is 0 Å². The van der Waals surface area contributed by atoms with Gasteiger partial charge in [0.05, 0.1) is 6.54 Å². The first-order chi connectivity index (χ1) is 9.56. The lowest BCUT2D eigenvalue weighted by molar-refractivity contribution is -0.123. The molecule has 1 heterocycles. The van der Waals surface area contributed by atoms with Crippen LogP contribution in [0.1, 0.15) is 33.6 Å². The van der Waals surface area contributed by atoms with Crippen molar-refractivity contribution in [2.45, 2.75) is 45.7 Å². The number of carbonyl (C=O) groups is 2. The number of piperazine rings is 1. The average Bonchev–Trinajstić information content (AvgIpc) is 2.43. The van der Waals surface area contributed by atoms with E-state index in [1.807, 2.05) is 0 Å². The molecule has 2 unspecified atom stereocenters. The molecule has 2 amide bonds. The van der Waals surface area contributed by atoms with E-state index in [1.165, 1.54) is 6.92 Å². The molecule has 1 rings (SSSR count). The Balaban J connectivity index is 2.31. The highest BCUT2D eigenvalue weighted by molar-refractivity contribution is 5.78. The predicted molar refractivity (Wildman–Crippen MR) is 79.4 cm³/mol. The summed E-state index contributed by atoms with van der Waals surface area (Å²) in [6, 6.07) is 0.906. The SMILES string of the molecule is CCC1CN(CC(=O)NCCNC(C)=O)C(CC)CN1. The van der Waals surface area contributed by atoms with Gasteiger partial charge in [-0.05, 0) is 12.8 Å². The maximum absolute atomic E-state index is 11.9. The molecule has 0 aromatic carbocycles. The third-order valence-corrected chi connectivity index (χ3v) is 3.75. The van der Waals surface area contributed by atoms with Gasteiger partial charge in [-0.3, -0.25) is 14.5 Å². The Labute approximate surface area is 121 Å². The smallest absolute Gasteiger partial charge is 0.234 e. The van der Waals surface area contributed by atoms with Gasteiger partial charge >= 0.3 is 0 Å². The Morgan fingerprint density at radius 1 is 1.20 bits per heavy atom. The van der Waals surface area contributed by atoms with Gasteiger partial charge in [-0.25, -0.2) is 0 Å². The molecule has 6 heteroatoms. The van der Waals surface area contributed by atoms with Gasteiger partial charge in [0.25, 0.3) is 0 Å². The molecule has 0 radical (unpaired) electrons. The molecule has 116 valence electrons. The average molecular weight is 284 g/mol. The summed E-state index contributed by atoms with van der Waals surface area (Å²) in [6.45, 7) is 9.07. The molecular formula is C14H28N4O2. The summed E-state index contributed by atoms with van der Waals surface area (Å²) < 4.78 is 0. The normalized spacial score (nSPS) is 23.4. The minimum absolute atomic E-state index is 0.0329. The van der Waals surface area contributed by atoms with Crippen molar-refractivity contribution in [1.82, 2.24) is 20.9 Å². The number of nitrogens with one attached hydrogen (secondary N) is 3. The lowest BCUT2D eigenvalue weighted by Gasteiger charge is -2.39. The molecule has 1 aliphatic heterocycles. The number of hydrogen-bond donors (Lipinski definition) is 3. The molecule has 0 spiro atoms. The van der Waals surface area contributed by atoms with Crippen LogP contribution in [0.25, 0.3) is 0 Å². The Bertz CT molecular complexity index is 322. The second kappa shape index (κ2) is 8.92. The number of rotatable bonds is 7. The zero-order chi connectivity index (χ0) is 15.0. The molecule has 0 saturated carbocycles. The van der Waals surface area contributed by atoms with Gasteiger partial charge in [0.15, 0.2) is 0 Å². The van der Waals surface area contributed by atoms with Gasteiger partial charge in [0, 0.05) is 45.2 Å². The topological polar surface area (TPSA) is 73.5 Å². The third kappa shape index (κ3) is 5.88. The molecular weight excluding hydrogens is 256 g/mol. The van der Waals surface area contributed by atoms with Crippen LogP contribution in [-0.4, -0.2) is 61.5 Å². The van der Waals surface area contributed by atoms with Crippen LogP contribution in [0.4, 0.5) is 0 Å². The first kappa shape index (κ1) is 16.9. The predicted octanol–water partition coefficient (Wildman–Crippen LogP) is -0.299. The van der Waals surface area contributed by atoms with E-state index in [0.717, 1.165) is 25.9 Å². The standard InChI is InChI=1S/C14H28N4O2/c1-4-12-9-18(13(5-2)8-17-12)10-14(20)16-7-6-15-11(3)19/h12-13,17H,4-10H2,1-3H3,(H,15,19)(H,16,20). The fourth-order valence-electron chi connectivity index (χ4n) is 2.48. The van der Waals surface area contributed by atoms with Crippen LogP contribution < -0.4 is 16.0 Å². The van der Waals surface area contributed by atoms with Crippen molar-refractivity contribution in [3.63, 3.8) is 0 Å². The fraction of sp³-hybridized carbons (Fsp3) is 0.857. The largest absolute Gasteiger partial charge is 0.355 e. The van der Waals surface area contributed by atoms with Crippen molar-refractivity contribution >= 4 is 11.8 Å². The van der Waals surface area contributed by atoms with Crippen molar-refractivity contribution in [1.29, 1.82) is 0 Å². The van der Waals surface area contributed by atoms with E-state index in [4.69, 9.17) is 0 Å².